The first-order chi connectivity index (χ1) is 16.2. The van der Waals surface area contributed by atoms with Crippen LogP contribution in [0.25, 0.3) is 5.69 Å². The highest BCUT2D eigenvalue weighted by atomic mass is 32.2. The standard InChI is InChI=1S/C23H20N6O3S/c1-15-3-6-17(7-4-15)29-18(14-33-23-24-9-2-10-25-23)21(27-28-29)22(30)26-16-5-8-19-20(13-16)32-12-11-31-19/h2-10,13H,11-12,14H2,1H3,(H,26,30). The molecule has 1 N–H and O–H groups in total. The number of nitrogens with zero attached hydrogens (tertiary/aromatic N) is 5. The van der Waals surface area contributed by atoms with E-state index in [-0.39, 0.29) is 11.6 Å². The molecule has 1 aliphatic heterocycles. The molecule has 33 heavy (non-hydrogen) atoms. The van der Waals surface area contributed by atoms with Gasteiger partial charge in [-0.3, -0.25) is 4.79 Å². The molecule has 166 valence electrons. The SMILES string of the molecule is Cc1ccc(-n2nnc(C(=O)Nc3ccc4c(c3)OCCO4)c2CSc2ncccn2)cc1. The normalized spacial score (nSPS) is 12.4. The maximum atomic E-state index is 13.2. The van der Waals surface area contributed by atoms with E-state index in [4.69, 9.17) is 9.47 Å². The Labute approximate surface area is 194 Å². The Morgan fingerprint density at radius 2 is 1.82 bits per heavy atom. The topological polar surface area (TPSA) is 104 Å². The molecular weight excluding hydrogens is 440 g/mol. The predicted octanol–water partition coefficient (Wildman–Crippen LogP) is 3.68. The lowest BCUT2D eigenvalue weighted by Gasteiger charge is -2.18. The third-order valence-electron chi connectivity index (χ3n) is 4.94. The number of fused-ring (bicyclic) bond motifs is 1. The van der Waals surface area contributed by atoms with Crippen LogP contribution in [-0.4, -0.2) is 44.1 Å². The summed E-state index contributed by atoms with van der Waals surface area (Å²) in [5.74, 6) is 1.30. The molecule has 2 aromatic heterocycles. The van der Waals surface area contributed by atoms with E-state index in [1.165, 1.54) is 11.8 Å². The molecule has 0 bridgehead atoms. The number of carbonyl (C=O) groups excluding carboxylic acids is 1. The van der Waals surface area contributed by atoms with Gasteiger partial charge in [-0.05, 0) is 37.3 Å². The van der Waals surface area contributed by atoms with Crippen molar-refractivity contribution >= 4 is 23.4 Å². The second-order valence-corrected chi connectivity index (χ2v) is 8.21. The first kappa shape index (κ1) is 21.0. The molecule has 1 amide bonds. The molecule has 0 unspecified atom stereocenters. The fourth-order valence-electron chi connectivity index (χ4n) is 3.31. The molecule has 1 aliphatic rings. The summed E-state index contributed by atoms with van der Waals surface area (Å²) in [5.41, 5.74) is 3.40. The number of ether oxygens (including phenoxy) is 2. The minimum atomic E-state index is -0.366. The highest BCUT2D eigenvalue weighted by Gasteiger charge is 2.22. The molecule has 10 heteroatoms. The van der Waals surface area contributed by atoms with Crippen LogP contribution >= 0.6 is 11.8 Å². The van der Waals surface area contributed by atoms with Crippen molar-refractivity contribution in [2.75, 3.05) is 18.5 Å². The first-order valence-electron chi connectivity index (χ1n) is 10.3. The van der Waals surface area contributed by atoms with Crippen LogP contribution in [0.5, 0.6) is 11.5 Å². The lowest BCUT2D eigenvalue weighted by molar-refractivity contribution is 0.102. The van der Waals surface area contributed by atoms with E-state index >= 15 is 0 Å². The van der Waals surface area contributed by atoms with E-state index in [9.17, 15) is 4.79 Å². The van der Waals surface area contributed by atoms with Crippen molar-refractivity contribution in [3.63, 3.8) is 0 Å². The summed E-state index contributed by atoms with van der Waals surface area (Å²) < 4.78 is 12.8. The Balaban J connectivity index is 1.44. The van der Waals surface area contributed by atoms with Gasteiger partial charge in [-0.1, -0.05) is 34.7 Å². The molecular formula is C23H20N6O3S. The third-order valence-corrected chi connectivity index (χ3v) is 5.82. The average Bonchev–Trinajstić information content (AvgIpc) is 3.28. The summed E-state index contributed by atoms with van der Waals surface area (Å²) in [4.78, 5) is 21.7. The highest BCUT2D eigenvalue weighted by molar-refractivity contribution is 7.98. The van der Waals surface area contributed by atoms with Gasteiger partial charge in [0.15, 0.2) is 22.3 Å². The number of hydrogen-bond acceptors (Lipinski definition) is 8. The van der Waals surface area contributed by atoms with Crippen LogP contribution in [0.1, 0.15) is 21.7 Å². The summed E-state index contributed by atoms with van der Waals surface area (Å²) >= 11 is 1.41. The van der Waals surface area contributed by atoms with Crippen molar-refractivity contribution in [1.29, 1.82) is 0 Å². The van der Waals surface area contributed by atoms with Gasteiger partial charge < -0.3 is 14.8 Å². The summed E-state index contributed by atoms with van der Waals surface area (Å²) in [6.45, 7) is 2.99. The van der Waals surface area contributed by atoms with Gasteiger partial charge in [0, 0.05) is 29.9 Å². The van der Waals surface area contributed by atoms with Crippen LogP contribution in [0.2, 0.25) is 0 Å². The van der Waals surface area contributed by atoms with Crippen LogP contribution in [0, 0.1) is 6.92 Å². The molecule has 3 heterocycles. The van der Waals surface area contributed by atoms with Crippen LogP contribution in [0.4, 0.5) is 5.69 Å². The van der Waals surface area contributed by atoms with Crippen molar-refractivity contribution < 1.29 is 14.3 Å². The Hall–Kier alpha value is -3.92. The molecule has 0 saturated heterocycles. The minimum absolute atomic E-state index is 0.230. The van der Waals surface area contributed by atoms with Crippen LogP contribution in [-0.2, 0) is 5.75 Å². The van der Waals surface area contributed by atoms with E-state index < -0.39 is 0 Å². The van der Waals surface area contributed by atoms with Gasteiger partial charge in [-0.2, -0.15) is 0 Å². The Bertz CT molecular complexity index is 1280. The van der Waals surface area contributed by atoms with Gasteiger partial charge in [0.25, 0.3) is 5.91 Å². The average molecular weight is 461 g/mol. The minimum Gasteiger partial charge on any atom is -0.486 e. The van der Waals surface area contributed by atoms with E-state index in [1.54, 1.807) is 41.3 Å². The molecule has 0 fully saturated rings. The molecule has 0 atom stereocenters. The number of aryl methyl sites for hydroxylation is 1. The van der Waals surface area contributed by atoms with E-state index in [2.05, 4.69) is 25.6 Å². The summed E-state index contributed by atoms with van der Waals surface area (Å²) in [6, 6.07) is 14.9. The Morgan fingerprint density at radius 3 is 2.61 bits per heavy atom. The number of hydrogen-bond donors (Lipinski definition) is 1. The number of amides is 1. The maximum absolute atomic E-state index is 13.2. The Morgan fingerprint density at radius 1 is 1.06 bits per heavy atom. The maximum Gasteiger partial charge on any atom is 0.278 e. The molecule has 4 aromatic rings. The number of carbonyl (C=O) groups is 1. The van der Waals surface area contributed by atoms with E-state index in [1.807, 2.05) is 31.2 Å². The zero-order chi connectivity index (χ0) is 22.6. The Kier molecular flexibility index (Phi) is 5.90. The van der Waals surface area contributed by atoms with Gasteiger partial charge >= 0.3 is 0 Å². The molecule has 5 rings (SSSR count). The fraction of sp³-hybridized carbons (Fsp3) is 0.174. The first-order valence-corrected chi connectivity index (χ1v) is 11.3. The quantitative estimate of drug-likeness (QED) is 0.343. The van der Waals surface area contributed by atoms with E-state index in [0.717, 1.165) is 11.3 Å². The second-order valence-electron chi connectivity index (χ2n) is 7.26. The summed E-state index contributed by atoms with van der Waals surface area (Å²) in [5, 5.41) is 12.0. The number of benzene rings is 2. The van der Waals surface area contributed by atoms with Crippen molar-refractivity contribution in [3.8, 4) is 17.2 Å². The van der Waals surface area contributed by atoms with Crippen molar-refractivity contribution in [1.82, 2.24) is 25.0 Å². The molecule has 9 nitrogen and oxygen atoms in total. The van der Waals surface area contributed by atoms with Crippen molar-refractivity contribution in [3.05, 3.63) is 77.9 Å². The number of rotatable bonds is 6. The lowest BCUT2D eigenvalue weighted by Crippen LogP contribution is -2.17. The zero-order valence-corrected chi connectivity index (χ0v) is 18.6. The molecule has 2 aromatic carbocycles. The smallest absolute Gasteiger partial charge is 0.278 e. The second kappa shape index (κ2) is 9.29. The van der Waals surface area contributed by atoms with Gasteiger partial charge in [0.05, 0.1) is 11.4 Å². The largest absolute Gasteiger partial charge is 0.486 e. The van der Waals surface area contributed by atoms with Crippen molar-refractivity contribution in [2.45, 2.75) is 17.8 Å². The monoisotopic (exact) mass is 460 g/mol. The molecule has 0 saturated carbocycles. The summed E-state index contributed by atoms with van der Waals surface area (Å²) in [6.07, 6.45) is 3.36. The van der Waals surface area contributed by atoms with Gasteiger partial charge in [-0.25, -0.2) is 14.6 Å². The summed E-state index contributed by atoms with van der Waals surface area (Å²) in [7, 11) is 0. The van der Waals surface area contributed by atoms with Crippen molar-refractivity contribution in [2.24, 2.45) is 0 Å². The van der Waals surface area contributed by atoms with Crippen LogP contribution in [0.3, 0.4) is 0 Å². The van der Waals surface area contributed by atoms with Gasteiger partial charge in [-0.15, -0.1) is 5.10 Å². The molecule has 0 aliphatic carbocycles. The van der Waals surface area contributed by atoms with E-state index in [0.29, 0.717) is 47.0 Å². The van der Waals surface area contributed by atoms with Gasteiger partial charge in [0.2, 0.25) is 0 Å². The predicted molar refractivity (Wildman–Crippen MR) is 123 cm³/mol. The number of anilines is 1. The molecule has 0 radical (unpaired) electrons. The zero-order valence-electron chi connectivity index (χ0n) is 17.8. The highest BCUT2D eigenvalue weighted by Crippen LogP contribution is 2.33. The van der Waals surface area contributed by atoms with Crippen LogP contribution < -0.4 is 14.8 Å². The lowest BCUT2D eigenvalue weighted by atomic mass is 10.2. The number of aromatic nitrogens is 5. The fourth-order valence-corrected chi connectivity index (χ4v) is 4.10. The number of nitrogens with one attached hydrogen (secondary N) is 1. The van der Waals surface area contributed by atoms with Crippen LogP contribution in [0.15, 0.2) is 66.1 Å². The number of thioether (sulfide) groups is 1. The third kappa shape index (κ3) is 4.65. The molecule has 0 spiro atoms. The van der Waals surface area contributed by atoms with Gasteiger partial charge in [0.1, 0.15) is 13.2 Å².